The molecule has 1 saturated heterocycles. The van der Waals surface area contributed by atoms with Gasteiger partial charge in [-0.3, -0.25) is 4.79 Å². The SMILES string of the molecule is N[C@@H](CCCCC1CO1)C(=O)O. The van der Waals surface area contributed by atoms with Crippen molar-refractivity contribution in [3.05, 3.63) is 0 Å². The van der Waals surface area contributed by atoms with Crippen LogP contribution in [0.2, 0.25) is 0 Å². The van der Waals surface area contributed by atoms with E-state index in [1.54, 1.807) is 0 Å². The molecule has 1 heterocycles. The lowest BCUT2D eigenvalue weighted by molar-refractivity contribution is -0.138. The summed E-state index contributed by atoms with van der Waals surface area (Å²) in [6, 6.07) is -0.690. The molecule has 0 radical (unpaired) electrons. The lowest BCUT2D eigenvalue weighted by atomic mass is 10.1. The van der Waals surface area contributed by atoms with Crippen LogP contribution in [0.3, 0.4) is 0 Å². The molecule has 3 N–H and O–H groups in total. The van der Waals surface area contributed by atoms with Crippen LogP contribution < -0.4 is 5.73 Å². The molecule has 1 unspecified atom stereocenters. The number of unbranched alkanes of at least 4 members (excludes halogenated alkanes) is 1. The smallest absolute Gasteiger partial charge is 0.320 e. The Hall–Kier alpha value is -0.610. The number of rotatable bonds is 6. The molecule has 1 aliphatic rings. The second-order valence-corrected chi connectivity index (χ2v) is 3.18. The van der Waals surface area contributed by atoms with Crippen LogP contribution in [0.4, 0.5) is 0 Å². The van der Waals surface area contributed by atoms with Gasteiger partial charge in [0.25, 0.3) is 0 Å². The van der Waals surface area contributed by atoms with E-state index in [9.17, 15) is 4.79 Å². The van der Waals surface area contributed by atoms with Crippen molar-refractivity contribution in [3.63, 3.8) is 0 Å². The van der Waals surface area contributed by atoms with Crippen molar-refractivity contribution in [1.29, 1.82) is 0 Å². The van der Waals surface area contributed by atoms with Crippen molar-refractivity contribution in [1.82, 2.24) is 0 Å². The Labute approximate surface area is 71.7 Å². The maximum Gasteiger partial charge on any atom is 0.320 e. The van der Waals surface area contributed by atoms with Gasteiger partial charge in [-0.1, -0.05) is 12.8 Å². The summed E-state index contributed by atoms with van der Waals surface area (Å²) in [5.41, 5.74) is 5.32. The van der Waals surface area contributed by atoms with E-state index in [2.05, 4.69) is 0 Å². The minimum atomic E-state index is -0.905. The average molecular weight is 173 g/mol. The zero-order chi connectivity index (χ0) is 8.97. The van der Waals surface area contributed by atoms with E-state index in [-0.39, 0.29) is 0 Å². The highest BCUT2D eigenvalue weighted by molar-refractivity contribution is 5.72. The van der Waals surface area contributed by atoms with Gasteiger partial charge in [0.2, 0.25) is 0 Å². The number of epoxide rings is 1. The third-order valence-electron chi connectivity index (χ3n) is 2.01. The summed E-state index contributed by atoms with van der Waals surface area (Å²) in [5, 5.41) is 8.45. The fourth-order valence-corrected chi connectivity index (χ4v) is 1.09. The molecule has 0 spiro atoms. The largest absolute Gasteiger partial charge is 0.480 e. The minimum Gasteiger partial charge on any atom is -0.480 e. The van der Waals surface area contributed by atoms with Gasteiger partial charge >= 0.3 is 5.97 Å². The van der Waals surface area contributed by atoms with Gasteiger partial charge in [-0.05, 0) is 12.8 Å². The molecule has 0 bridgehead atoms. The highest BCUT2D eigenvalue weighted by Crippen LogP contribution is 2.17. The zero-order valence-corrected chi connectivity index (χ0v) is 7.03. The van der Waals surface area contributed by atoms with Crippen molar-refractivity contribution in [2.24, 2.45) is 5.73 Å². The Kier molecular flexibility index (Phi) is 3.49. The molecule has 1 rings (SSSR count). The van der Waals surface area contributed by atoms with Gasteiger partial charge in [0.15, 0.2) is 0 Å². The second-order valence-electron chi connectivity index (χ2n) is 3.18. The topological polar surface area (TPSA) is 75.8 Å². The third kappa shape index (κ3) is 3.69. The molecule has 12 heavy (non-hydrogen) atoms. The summed E-state index contributed by atoms with van der Waals surface area (Å²) >= 11 is 0. The van der Waals surface area contributed by atoms with Crippen LogP contribution in [-0.4, -0.2) is 29.8 Å². The number of carboxylic acid groups (broad SMARTS) is 1. The molecule has 0 aromatic rings. The molecular formula is C8H15NO3. The first-order valence-corrected chi connectivity index (χ1v) is 4.30. The molecule has 1 aliphatic heterocycles. The van der Waals surface area contributed by atoms with E-state index < -0.39 is 12.0 Å². The quantitative estimate of drug-likeness (QED) is 0.449. The Bertz CT molecular complexity index is 156. The highest BCUT2D eigenvalue weighted by atomic mass is 16.6. The standard InChI is InChI=1S/C8H15NO3/c9-7(8(10)11)4-2-1-3-6-5-12-6/h6-7H,1-5,9H2,(H,10,11)/t6?,7-/m0/s1. The molecular weight excluding hydrogens is 158 g/mol. The first kappa shape index (κ1) is 9.48. The summed E-state index contributed by atoms with van der Waals surface area (Å²) in [5.74, 6) is -0.905. The van der Waals surface area contributed by atoms with Crippen LogP contribution in [0, 0.1) is 0 Å². The summed E-state index contributed by atoms with van der Waals surface area (Å²) in [4.78, 5) is 10.3. The van der Waals surface area contributed by atoms with Crippen molar-refractivity contribution in [3.8, 4) is 0 Å². The minimum absolute atomic E-state index is 0.450. The van der Waals surface area contributed by atoms with Crippen LogP contribution in [0.15, 0.2) is 0 Å². The molecule has 70 valence electrons. The normalized spacial score (nSPS) is 23.6. The number of carbonyl (C=O) groups is 1. The number of carboxylic acids is 1. The molecule has 2 atom stereocenters. The van der Waals surface area contributed by atoms with Crippen LogP contribution in [0.1, 0.15) is 25.7 Å². The molecule has 0 aliphatic carbocycles. The molecule has 4 heteroatoms. The van der Waals surface area contributed by atoms with Gasteiger partial charge in [0, 0.05) is 0 Å². The van der Waals surface area contributed by atoms with Crippen LogP contribution in [0.25, 0.3) is 0 Å². The van der Waals surface area contributed by atoms with Gasteiger partial charge in [0.05, 0.1) is 12.7 Å². The van der Waals surface area contributed by atoms with E-state index in [0.29, 0.717) is 12.5 Å². The number of nitrogens with two attached hydrogens (primary N) is 1. The number of ether oxygens (including phenoxy) is 1. The first-order valence-electron chi connectivity index (χ1n) is 4.30. The van der Waals surface area contributed by atoms with E-state index in [1.807, 2.05) is 0 Å². The Morgan fingerprint density at radius 1 is 1.67 bits per heavy atom. The van der Waals surface area contributed by atoms with Gasteiger partial charge in [-0.2, -0.15) is 0 Å². The Morgan fingerprint density at radius 3 is 2.83 bits per heavy atom. The van der Waals surface area contributed by atoms with Gasteiger partial charge in [-0.15, -0.1) is 0 Å². The first-order chi connectivity index (χ1) is 5.70. The molecule has 0 amide bonds. The monoisotopic (exact) mass is 173 g/mol. The second kappa shape index (κ2) is 4.42. The third-order valence-corrected chi connectivity index (χ3v) is 2.01. The maximum absolute atomic E-state index is 10.3. The van der Waals surface area contributed by atoms with Gasteiger partial charge in [-0.25, -0.2) is 0 Å². The Morgan fingerprint density at radius 2 is 2.33 bits per heavy atom. The summed E-state index contributed by atoms with van der Waals surface area (Å²) in [7, 11) is 0. The summed E-state index contributed by atoms with van der Waals surface area (Å²) < 4.78 is 5.02. The van der Waals surface area contributed by atoms with Crippen LogP contribution >= 0.6 is 0 Å². The highest BCUT2D eigenvalue weighted by Gasteiger charge is 2.21. The van der Waals surface area contributed by atoms with Gasteiger partial charge < -0.3 is 15.6 Å². The van der Waals surface area contributed by atoms with E-state index in [4.69, 9.17) is 15.6 Å². The lowest BCUT2D eigenvalue weighted by Crippen LogP contribution is -2.29. The number of hydrogen-bond donors (Lipinski definition) is 2. The Balaban J connectivity index is 1.89. The molecule has 1 fully saturated rings. The van der Waals surface area contributed by atoms with Gasteiger partial charge in [0.1, 0.15) is 6.04 Å². The van der Waals surface area contributed by atoms with E-state index in [0.717, 1.165) is 25.9 Å². The molecule has 0 aromatic carbocycles. The number of aliphatic carboxylic acids is 1. The van der Waals surface area contributed by atoms with E-state index >= 15 is 0 Å². The lowest BCUT2D eigenvalue weighted by Gasteiger charge is -2.04. The van der Waals surface area contributed by atoms with Crippen molar-refractivity contribution < 1.29 is 14.6 Å². The van der Waals surface area contributed by atoms with Crippen molar-refractivity contribution in [2.75, 3.05) is 6.61 Å². The molecule has 0 saturated carbocycles. The average Bonchev–Trinajstić information content (AvgIpc) is 2.80. The predicted molar refractivity (Wildman–Crippen MR) is 43.8 cm³/mol. The maximum atomic E-state index is 10.3. The zero-order valence-electron chi connectivity index (χ0n) is 7.03. The number of hydrogen-bond acceptors (Lipinski definition) is 3. The van der Waals surface area contributed by atoms with Crippen LogP contribution in [-0.2, 0) is 9.53 Å². The summed E-state index contributed by atoms with van der Waals surface area (Å²) in [6.07, 6.45) is 3.97. The van der Waals surface area contributed by atoms with Crippen molar-refractivity contribution in [2.45, 2.75) is 37.8 Å². The van der Waals surface area contributed by atoms with Crippen LogP contribution in [0.5, 0.6) is 0 Å². The van der Waals surface area contributed by atoms with Crippen molar-refractivity contribution >= 4 is 5.97 Å². The van der Waals surface area contributed by atoms with E-state index in [1.165, 1.54) is 0 Å². The fraction of sp³-hybridized carbons (Fsp3) is 0.875. The predicted octanol–water partition coefficient (Wildman–Crippen LogP) is 0.357. The fourth-order valence-electron chi connectivity index (χ4n) is 1.09. The molecule has 4 nitrogen and oxygen atoms in total. The molecule has 0 aromatic heterocycles. The summed E-state index contributed by atoms with van der Waals surface area (Å²) in [6.45, 7) is 0.880.